The topological polar surface area (TPSA) is 15.3 Å². The molecule has 0 spiro atoms. The van der Waals surface area contributed by atoms with E-state index in [9.17, 15) is 0 Å². The highest BCUT2D eigenvalue weighted by Crippen LogP contribution is 2.22. The number of benzene rings is 2. The lowest BCUT2D eigenvalue weighted by Crippen LogP contribution is -2.40. The first-order chi connectivity index (χ1) is 10.4. The fourth-order valence-electron chi connectivity index (χ4n) is 2.83. The van der Waals surface area contributed by atoms with E-state index in [2.05, 4.69) is 83.2 Å². The molecule has 2 aromatic rings. The van der Waals surface area contributed by atoms with E-state index in [1.54, 1.807) is 0 Å². The minimum Gasteiger partial charge on any atom is -0.345 e. The van der Waals surface area contributed by atoms with Gasteiger partial charge in [0.25, 0.3) is 0 Å². The number of rotatable bonds is 4. The van der Waals surface area contributed by atoms with E-state index in [0.717, 1.165) is 13.1 Å². The summed E-state index contributed by atoms with van der Waals surface area (Å²) in [5.74, 6) is 0. The number of piperidine rings is 1. The maximum atomic E-state index is 3.44. The standard InChI is InChI=1S/C19H22N2/c1-3-7-17(8-4-1)13-16-21(18-9-5-2-6-10-18)19-11-14-20-15-12-19/h1-10,13,16,19-20H,11-12,14-15H2. The second kappa shape index (κ2) is 7.09. The first-order valence-electron chi connectivity index (χ1n) is 7.71. The highest BCUT2D eigenvalue weighted by molar-refractivity contribution is 5.58. The molecule has 2 heteroatoms. The minimum absolute atomic E-state index is 0.577. The van der Waals surface area contributed by atoms with Crippen molar-refractivity contribution in [3.63, 3.8) is 0 Å². The maximum absolute atomic E-state index is 3.44. The second-order valence-electron chi connectivity index (χ2n) is 5.45. The van der Waals surface area contributed by atoms with E-state index in [1.165, 1.54) is 24.1 Å². The molecule has 1 fully saturated rings. The molecule has 0 unspecified atom stereocenters. The lowest BCUT2D eigenvalue weighted by Gasteiger charge is -2.34. The Morgan fingerprint density at radius 3 is 2.14 bits per heavy atom. The summed E-state index contributed by atoms with van der Waals surface area (Å²) < 4.78 is 0. The van der Waals surface area contributed by atoms with Crippen molar-refractivity contribution in [2.75, 3.05) is 18.0 Å². The van der Waals surface area contributed by atoms with Crippen LogP contribution in [0.2, 0.25) is 0 Å². The van der Waals surface area contributed by atoms with Crippen LogP contribution in [0, 0.1) is 0 Å². The maximum Gasteiger partial charge on any atom is 0.0408 e. The van der Waals surface area contributed by atoms with Crippen LogP contribution in [0.4, 0.5) is 5.69 Å². The highest BCUT2D eigenvalue weighted by atomic mass is 15.2. The molecular formula is C19H22N2. The van der Waals surface area contributed by atoms with Gasteiger partial charge in [-0.3, -0.25) is 0 Å². The SMILES string of the molecule is C(=CN(c1ccccc1)C1CCNCC1)c1ccccc1. The Morgan fingerprint density at radius 2 is 1.48 bits per heavy atom. The number of nitrogens with one attached hydrogen (secondary N) is 1. The smallest absolute Gasteiger partial charge is 0.0408 e. The molecule has 1 aliphatic rings. The molecule has 0 atom stereocenters. The number of hydrogen-bond acceptors (Lipinski definition) is 2. The Labute approximate surface area is 127 Å². The largest absolute Gasteiger partial charge is 0.345 e. The quantitative estimate of drug-likeness (QED) is 0.912. The molecule has 2 aromatic carbocycles. The van der Waals surface area contributed by atoms with Gasteiger partial charge in [0, 0.05) is 17.9 Å². The first kappa shape index (κ1) is 13.9. The van der Waals surface area contributed by atoms with Crippen molar-refractivity contribution >= 4 is 11.8 Å². The lowest BCUT2D eigenvalue weighted by molar-refractivity contribution is 0.450. The summed E-state index contributed by atoms with van der Waals surface area (Å²) in [7, 11) is 0. The molecule has 21 heavy (non-hydrogen) atoms. The molecule has 108 valence electrons. The molecule has 0 bridgehead atoms. The number of hydrogen-bond donors (Lipinski definition) is 1. The number of nitrogens with zero attached hydrogens (tertiary/aromatic N) is 1. The van der Waals surface area contributed by atoms with Crippen molar-refractivity contribution in [3.05, 3.63) is 72.4 Å². The van der Waals surface area contributed by atoms with Gasteiger partial charge in [0.15, 0.2) is 0 Å². The molecule has 0 amide bonds. The van der Waals surface area contributed by atoms with Crippen LogP contribution in [0.25, 0.3) is 6.08 Å². The van der Waals surface area contributed by atoms with Crippen LogP contribution >= 0.6 is 0 Å². The van der Waals surface area contributed by atoms with E-state index in [1.807, 2.05) is 0 Å². The van der Waals surface area contributed by atoms with Crippen molar-refractivity contribution in [2.24, 2.45) is 0 Å². The second-order valence-corrected chi connectivity index (χ2v) is 5.45. The van der Waals surface area contributed by atoms with Gasteiger partial charge >= 0.3 is 0 Å². The van der Waals surface area contributed by atoms with E-state index >= 15 is 0 Å². The summed E-state index contributed by atoms with van der Waals surface area (Å²) in [5.41, 5.74) is 2.52. The zero-order valence-corrected chi connectivity index (χ0v) is 12.3. The molecule has 1 saturated heterocycles. The van der Waals surface area contributed by atoms with Crippen LogP contribution in [0.1, 0.15) is 18.4 Å². The fourth-order valence-corrected chi connectivity index (χ4v) is 2.83. The monoisotopic (exact) mass is 278 g/mol. The van der Waals surface area contributed by atoms with Crippen LogP contribution in [0.3, 0.4) is 0 Å². The van der Waals surface area contributed by atoms with Gasteiger partial charge in [0.05, 0.1) is 0 Å². The number of anilines is 1. The zero-order chi connectivity index (χ0) is 14.3. The average molecular weight is 278 g/mol. The van der Waals surface area contributed by atoms with Crippen molar-refractivity contribution in [3.8, 4) is 0 Å². The van der Waals surface area contributed by atoms with Crippen molar-refractivity contribution in [1.29, 1.82) is 0 Å². The third kappa shape index (κ3) is 3.73. The average Bonchev–Trinajstić information content (AvgIpc) is 2.58. The van der Waals surface area contributed by atoms with E-state index in [0.29, 0.717) is 6.04 Å². The minimum atomic E-state index is 0.577. The van der Waals surface area contributed by atoms with Gasteiger partial charge in [0.1, 0.15) is 0 Å². The summed E-state index contributed by atoms with van der Waals surface area (Å²) in [5, 5.41) is 3.44. The summed E-state index contributed by atoms with van der Waals surface area (Å²) in [6, 6.07) is 21.8. The van der Waals surface area contributed by atoms with Gasteiger partial charge in [-0.25, -0.2) is 0 Å². The van der Waals surface area contributed by atoms with Crippen LogP contribution in [0.5, 0.6) is 0 Å². The van der Waals surface area contributed by atoms with Crippen LogP contribution in [-0.4, -0.2) is 19.1 Å². The fraction of sp³-hybridized carbons (Fsp3) is 0.263. The molecule has 0 aromatic heterocycles. The summed E-state index contributed by atoms with van der Waals surface area (Å²) in [4.78, 5) is 2.42. The Bertz CT molecular complexity index is 557. The molecule has 2 nitrogen and oxygen atoms in total. The van der Waals surface area contributed by atoms with Gasteiger partial charge in [-0.05, 0) is 49.7 Å². The first-order valence-corrected chi connectivity index (χ1v) is 7.71. The van der Waals surface area contributed by atoms with Crippen molar-refractivity contribution in [1.82, 2.24) is 5.32 Å². The summed E-state index contributed by atoms with van der Waals surface area (Å²) >= 11 is 0. The Hall–Kier alpha value is -2.06. The van der Waals surface area contributed by atoms with E-state index in [4.69, 9.17) is 0 Å². The van der Waals surface area contributed by atoms with Crippen molar-refractivity contribution in [2.45, 2.75) is 18.9 Å². The number of para-hydroxylation sites is 1. The molecule has 1 heterocycles. The highest BCUT2D eigenvalue weighted by Gasteiger charge is 2.19. The Kier molecular flexibility index (Phi) is 4.70. The zero-order valence-electron chi connectivity index (χ0n) is 12.3. The predicted molar refractivity (Wildman–Crippen MR) is 90.3 cm³/mol. The summed E-state index contributed by atoms with van der Waals surface area (Å²) in [6.07, 6.45) is 6.82. The van der Waals surface area contributed by atoms with Gasteiger partial charge in [0.2, 0.25) is 0 Å². The Morgan fingerprint density at radius 1 is 0.857 bits per heavy atom. The van der Waals surface area contributed by atoms with E-state index < -0.39 is 0 Å². The van der Waals surface area contributed by atoms with Crippen LogP contribution < -0.4 is 10.2 Å². The van der Waals surface area contributed by atoms with Gasteiger partial charge in [-0.2, -0.15) is 0 Å². The molecule has 1 aliphatic heterocycles. The Balaban J connectivity index is 1.83. The molecule has 0 saturated carbocycles. The van der Waals surface area contributed by atoms with Gasteiger partial charge < -0.3 is 10.2 Å². The molecule has 1 N–H and O–H groups in total. The van der Waals surface area contributed by atoms with Crippen LogP contribution in [0.15, 0.2) is 66.9 Å². The summed E-state index contributed by atoms with van der Waals surface area (Å²) in [6.45, 7) is 2.21. The molecular weight excluding hydrogens is 256 g/mol. The van der Waals surface area contributed by atoms with Gasteiger partial charge in [-0.15, -0.1) is 0 Å². The van der Waals surface area contributed by atoms with Crippen LogP contribution in [-0.2, 0) is 0 Å². The third-order valence-corrected chi connectivity index (χ3v) is 3.98. The molecule has 3 rings (SSSR count). The lowest BCUT2D eigenvalue weighted by atomic mass is 10.0. The van der Waals surface area contributed by atoms with Gasteiger partial charge in [-0.1, -0.05) is 48.5 Å². The third-order valence-electron chi connectivity index (χ3n) is 3.98. The molecule has 0 radical (unpaired) electrons. The molecule has 0 aliphatic carbocycles. The van der Waals surface area contributed by atoms with E-state index in [-0.39, 0.29) is 0 Å². The normalized spacial score (nSPS) is 16.2. The van der Waals surface area contributed by atoms with Crippen molar-refractivity contribution < 1.29 is 0 Å². The predicted octanol–water partition coefficient (Wildman–Crippen LogP) is 3.92.